The Labute approximate surface area is 72.4 Å². The van der Waals surface area contributed by atoms with Crippen LogP contribution in [-0.4, -0.2) is 9.91 Å². The summed E-state index contributed by atoms with van der Waals surface area (Å²) in [6.07, 6.45) is 1.18. The van der Waals surface area contributed by atoms with Gasteiger partial charge in [-0.1, -0.05) is 11.6 Å². The minimum Gasteiger partial charge on any atom is -0.258 e. The van der Waals surface area contributed by atoms with Crippen LogP contribution in [0.1, 0.15) is 5.56 Å². The van der Waals surface area contributed by atoms with Crippen molar-refractivity contribution in [2.75, 3.05) is 0 Å². The maximum Gasteiger partial charge on any atom is 0.307 e. The number of hydrogen-bond donors (Lipinski definition) is 0. The van der Waals surface area contributed by atoms with Crippen LogP contribution in [0.15, 0.2) is 12.3 Å². The van der Waals surface area contributed by atoms with Gasteiger partial charge in [0.15, 0.2) is 0 Å². The second kappa shape index (κ2) is 3.15. The first kappa shape index (κ1) is 8.43. The second-order valence-corrected chi connectivity index (χ2v) is 2.26. The minimum absolute atomic E-state index is 0.117. The van der Waals surface area contributed by atoms with E-state index < -0.39 is 4.92 Å². The molecule has 1 aromatic heterocycles. The molecule has 0 saturated heterocycles. The lowest BCUT2D eigenvalue weighted by molar-refractivity contribution is -0.385. The Morgan fingerprint density at radius 2 is 2.42 bits per heavy atom. The van der Waals surface area contributed by atoms with Crippen molar-refractivity contribution in [1.29, 1.82) is 5.26 Å². The number of hydrogen-bond acceptors (Lipinski definition) is 4. The maximum absolute atomic E-state index is 10.3. The monoisotopic (exact) mass is 183 g/mol. The van der Waals surface area contributed by atoms with Gasteiger partial charge in [-0.25, -0.2) is 4.98 Å². The van der Waals surface area contributed by atoms with E-state index in [2.05, 4.69) is 4.98 Å². The van der Waals surface area contributed by atoms with Gasteiger partial charge in [-0.2, -0.15) is 5.26 Å². The molecule has 0 aliphatic rings. The minimum atomic E-state index is -0.684. The molecule has 0 aliphatic carbocycles. The Hall–Kier alpha value is -1.67. The van der Waals surface area contributed by atoms with Gasteiger partial charge in [0.25, 0.3) is 0 Å². The third kappa shape index (κ3) is 1.49. The summed E-state index contributed by atoms with van der Waals surface area (Å²) >= 11 is 5.39. The first-order chi connectivity index (χ1) is 5.65. The molecular weight excluding hydrogens is 182 g/mol. The number of halogens is 1. The van der Waals surface area contributed by atoms with E-state index in [4.69, 9.17) is 16.9 Å². The molecule has 60 valence electrons. The van der Waals surface area contributed by atoms with Crippen molar-refractivity contribution in [3.05, 3.63) is 33.1 Å². The first-order valence-corrected chi connectivity index (χ1v) is 3.23. The fourth-order valence-electron chi connectivity index (χ4n) is 0.626. The van der Waals surface area contributed by atoms with Crippen LogP contribution in [0.25, 0.3) is 0 Å². The number of aromatic nitrogens is 1. The summed E-state index contributed by atoms with van der Waals surface area (Å²) in [7, 11) is 0. The van der Waals surface area contributed by atoms with Crippen LogP contribution >= 0.6 is 11.6 Å². The first-order valence-electron chi connectivity index (χ1n) is 2.85. The molecular formula is C6H2ClN3O2. The molecule has 5 nitrogen and oxygen atoms in total. The van der Waals surface area contributed by atoms with Crippen LogP contribution in [0.4, 0.5) is 5.69 Å². The van der Waals surface area contributed by atoms with Crippen molar-refractivity contribution in [1.82, 2.24) is 4.98 Å². The van der Waals surface area contributed by atoms with Crippen LogP contribution < -0.4 is 0 Å². The summed E-state index contributed by atoms with van der Waals surface area (Å²) in [4.78, 5) is 13.0. The summed E-state index contributed by atoms with van der Waals surface area (Å²) in [6.45, 7) is 0. The highest BCUT2D eigenvalue weighted by atomic mass is 35.5. The zero-order valence-corrected chi connectivity index (χ0v) is 6.45. The predicted molar refractivity (Wildman–Crippen MR) is 40.6 cm³/mol. The van der Waals surface area contributed by atoms with Gasteiger partial charge in [-0.3, -0.25) is 10.1 Å². The summed E-state index contributed by atoms with van der Waals surface area (Å²) in [5, 5.41) is 18.4. The Morgan fingerprint density at radius 3 is 2.92 bits per heavy atom. The molecule has 0 saturated carbocycles. The van der Waals surface area contributed by atoms with Crippen molar-refractivity contribution in [2.45, 2.75) is 0 Å². The van der Waals surface area contributed by atoms with E-state index in [1.54, 1.807) is 6.07 Å². The van der Waals surface area contributed by atoms with Crippen LogP contribution in [0.5, 0.6) is 0 Å². The van der Waals surface area contributed by atoms with E-state index in [1.165, 1.54) is 6.20 Å². The van der Waals surface area contributed by atoms with E-state index >= 15 is 0 Å². The van der Waals surface area contributed by atoms with Crippen molar-refractivity contribution in [3.8, 4) is 6.07 Å². The highest BCUT2D eigenvalue weighted by molar-refractivity contribution is 6.31. The molecule has 1 heterocycles. The van der Waals surface area contributed by atoms with Gasteiger partial charge in [0, 0.05) is 12.3 Å². The lowest BCUT2D eigenvalue weighted by atomic mass is 10.3. The average molecular weight is 184 g/mol. The van der Waals surface area contributed by atoms with Gasteiger partial charge in [-0.15, -0.1) is 0 Å². The van der Waals surface area contributed by atoms with E-state index in [1.807, 2.05) is 0 Å². The third-order valence-electron chi connectivity index (χ3n) is 1.15. The summed E-state index contributed by atoms with van der Waals surface area (Å²) < 4.78 is 0. The lowest BCUT2D eigenvalue weighted by Gasteiger charge is -1.92. The van der Waals surface area contributed by atoms with Crippen LogP contribution in [0, 0.1) is 21.4 Å². The quantitative estimate of drug-likeness (QED) is 0.376. The van der Waals surface area contributed by atoms with E-state index in [0.717, 1.165) is 6.07 Å². The molecule has 0 aromatic carbocycles. The number of nitriles is 1. The van der Waals surface area contributed by atoms with Gasteiger partial charge in [0.05, 0.1) is 10.5 Å². The molecule has 0 atom stereocenters. The molecule has 0 bridgehead atoms. The molecule has 0 unspecified atom stereocenters. The normalized spacial score (nSPS) is 9.00. The van der Waals surface area contributed by atoms with Crippen LogP contribution in [-0.2, 0) is 0 Å². The molecule has 1 rings (SSSR count). The zero-order chi connectivity index (χ0) is 9.14. The maximum atomic E-state index is 10.3. The van der Waals surface area contributed by atoms with E-state index in [9.17, 15) is 10.1 Å². The highest BCUT2D eigenvalue weighted by Gasteiger charge is 2.13. The molecule has 0 spiro atoms. The summed E-state index contributed by atoms with van der Waals surface area (Å²) in [5.41, 5.74) is -0.234. The highest BCUT2D eigenvalue weighted by Crippen LogP contribution is 2.21. The Kier molecular flexibility index (Phi) is 2.21. The van der Waals surface area contributed by atoms with Crippen molar-refractivity contribution < 1.29 is 4.92 Å². The van der Waals surface area contributed by atoms with Crippen molar-refractivity contribution in [3.63, 3.8) is 0 Å². The number of nitro groups is 1. The lowest BCUT2D eigenvalue weighted by Crippen LogP contribution is -1.92. The largest absolute Gasteiger partial charge is 0.307 e. The Morgan fingerprint density at radius 1 is 1.75 bits per heavy atom. The molecule has 0 aliphatic heterocycles. The van der Waals surface area contributed by atoms with Gasteiger partial charge in [0.2, 0.25) is 5.15 Å². The van der Waals surface area contributed by atoms with E-state index in [-0.39, 0.29) is 16.4 Å². The van der Waals surface area contributed by atoms with Gasteiger partial charge >= 0.3 is 5.69 Å². The SMILES string of the molecule is N#Cc1cnc(Cl)c([N+](=O)[O-])c1. The molecule has 0 fully saturated rings. The average Bonchev–Trinajstić information content (AvgIpc) is 2.05. The van der Waals surface area contributed by atoms with Crippen molar-refractivity contribution >= 4 is 17.3 Å². The number of rotatable bonds is 1. The van der Waals surface area contributed by atoms with Gasteiger partial charge in [0.1, 0.15) is 6.07 Å². The molecule has 1 aromatic rings. The predicted octanol–water partition coefficient (Wildman–Crippen LogP) is 1.51. The molecule has 0 radical (unpaired) electrons. The van der Waals surface area contributed by atoms with Gasteiger partial charge < -0.3 is 0 Å². The summed E-state index contributed by atoms with van der Waals surface area (Å²) in [5.74, 6) is 0. The third-order valence-corrected chi connectivity index (χ3v) is 1.44. The Balaban J connectivity index is 3.28. The molecule has 12 heavy (non-hydrogen) atoms. The fraction of sp³-hybridized carbons (Fsp3) is 0. The molecule has 6 heteroatoms. The molecule has 0 amide bonds. The number of nitrogens with zero attached hydrogens (tertiary/aromatic N) is 3. The Bertz CT molecular complexity index is 372. The van der Waals surface area contributed by atoms with Crippen LogP contribution in [0.3, 0.4) is 0 Å². The smallest absolute Gasteiger partial charge is 0.258 e. The van der Waals surface area contributed by atoms with Crippen LogP contribution in [0.2, 0.25) is 5.15 Å². The van der Waals surface area contributed by atoms with E-state index in [0.29, 0.717) is 0 Å². The molecule has 0 N–H and O–H groups in total. The topological polar surface area (TPSA) is 79.8 Å². The zero-order valence-electron chi connectivity index (χ0n) is 5.69. The summed E-state index contributed by atoms with van der Waals surface area (Å²) in [6, 6.07) is 2.80. The van der Waals surface area contributed by atoms with Crippen molar-refractivity contribution in [2.24, 2.45) is 0 Å². The van der Waals surface area contributed by atoms with Gasteiger partial charge in [-0.05, 0) is 0 Å². The second-order valence-electron chi connectivity index (χ2n) is 1.90. The number of pyridine rings is 1. The standard InChI is InChI=1S/C6H2ClN3O2/c7-6-5(10(11)12)1-4(2-8)3-9-6/h1,3H. The fourth-order valence-corrected chi connectivity index (χ4v) is 0.798.